The smallest absolute Gasteiger partial charge is 0.223 e. The molecule has 0 radical (unpaired) electrons. The van der Waals surface area contributed by atoms with Crippen LogP contribution in [0.1, 0.15) is 57.8 Å². The van der Waals surface area contributed by atoms with Gasteiger partial charge in [-0.3, -0.25) is 4.79 Å². The van der Waals surface area contributed by atoms with Gasteiger partial charge in [0.25, 0.3) is 0 Å². The summed E-state index contributed by atoms with van der Waals surface area (Å²) in [5.41, 5.74) is 2.21. The van der Waals surface area contributed by atoms with Crippen LogP contribution in [0.4, 0.5) is 11.5 Å². The molecule has 5 nitrogen and oxygen atoms in total. The van der Waals surface area contributed by atoms with Gasteiger partial charge in [0.15, 0.2) is 0 Å². The zero-order chi connectivity index (χ0) is 20.2. The second-order valence-corrected chi connectivity index (χ2v) is 8.97. The van der Waals surface area contributed by atoms with Crippen LogP contribution in [0, 0.1) is 5.92 Å². The maximum atomic E-state index is 12.5. The summed E-state index contributed by atoms with van der Waals surface area (Å²) in [6.07, 6.45) is 10.1. The topological polar surface area (TPSA) is 57.3 Å². The summed E-state index contributed by atoms with van der Waals surface area (Å²) in [6.45, 7) is 0. The van der Waals surface area contributed by atoms with Crippen molar-refractivity contribution in [2.24, 2.45) is 5.92 Å². The van der Waals surface area contributed by atoms with Crippen LogP contribution < -0.4 is 15.5 Å². The fraction of sp³-hybridized carbons (Fsp3) is 0.583. The summed E-state index contributed by atoms with van der Waals surface area (Å²) in [6, 6.07) is 11.2. The van der Waals surface area contributed by atoms with Crippen molar-refractivity contribution in [3.63, 3.8) is 0 Å². The number of aromatic nitrogens is 1. The van der Waals surface area contributed by atoms with E-state index in [4.69, 9.17) is 4.98 Å². The average Bonchev–Trinajstić information content (AvgIpc) is 2.75. The maximum Gasteiger partial charge on any atom is 0.223 e. The Hall–Kier alpha value is -2.30. The first-order valence-corrected chi connectivity index (χ1v) is 11.2. The number of nitrogens with one attached hydrogen (secondary N) is 2. The van der Waals surface area contributed by atoms with E-state index in [1.165, 1.54) is 30.3 Å². The van der Waals surface area contributed by atoms with E-state index < -0.39 is 0 Å². The van der Waals surface area contributed by atoms with E-state index in [-0.39, 0.29) is 5.92 Å². The van der Waals surface area contributed by atoms with Crippen molar-refractivity contribution in [1.82, 2.24) is 10.3 Å². The fourth-order valence-electron chi connectivity index (χ4n) is 4.88. The molecule has 5 heteroatoms. The van der Waals surface area contributed by atoms with Crippen LogP contribution in [0.2, 0.25) is 0 Å². The van der Waals surface area contributed by atoms with E-state index in [0.29, 0.717) is 18.0 Å². The summed E-state index contributed by atoms with van der Waals surface area (Å²) in [4.78, 5) is 19.5. The molecule has 2 N–H and O–H groups in total. The number of fused-ring (bicyclic) bond motifs is 1. The van der Waals surface area contributed by atoms with Gasteiger partial charge < -0.3 is 15.5 Å². The van der Waals surface area contributed by atoms with Gasteiger partial charge >= 0.3 is 0 Å². The molecule has 2 aliphatic carbocycles. The Labute approximate surface area is 174 Å². The summed E-state index contributed by atoms with van der Waals surface area (Å²) in [7, 11) is 4.15. The number of pyridine rings is 1. The Morgan fingerprint density at radius 3 is 2.38 bits per heavy atom. The van der Waals surface area contributed by atoms with Crippen LogP contribution in [0.5, 0.6) is 0 Å². The lowest BCUT2D eigenvalue weighted by atomic mass is 9.87. The molecule has 1 aromatic heterocycles. The second-order valence-electron chi connectivity index (χ2n) is 8.97. The van der Waals surface area contributed by atoms with Crippen LogP contribution in [0.25, 0.3) is 10.9 Å². The third kappa shape index (κ3) is 4.82. The summed E-state index contributed by atoms with van der Waals surface area (Å²) in [5.74, 6) is 1.50. The van der Waals surface area contributed by atoms with Crippen LogP contribution in [-0.2, 0) is 4.79 Å². The minimum atomic E-state index is 0.255. The van der Waals surface area contributed by atoms with Crippen LogP contribution >= 0.6 is 0 Å². The van der Waals surface area contributed by atoms with E-state index in [9.17, 15) is 4.79 Å². The Kier molecular flexibility index (Phi) is 6.22. The minimum Gasteiger partial charge on any atom is -0.377 e. The molecule has 0 spiro atoms. The van der Waals surface area contributed by atoms with Crippen molar-refractivity contribution in [2.75, 3.05) is 24.3 Å². The van der Waals surface area contributed by atoms with Crippen molar-refractivity contribution in [1.29, 1.82) is 0 Å². The molecule has 0 saturated heterocycles. The van der Waals surface area contributed by atoms with E-state index >= 15 is 0 Å². The Morgan fingerprint density at radius 2 is 1.66 bits per heavy atom. The average molecular weight is 395 g/mol. The molecule has 0 atom stereocenters. The van der Waals surface area contributed by atoms with Crippen molar-refractivity contribution < 1.29 is 4.79 Å². The lowest BCUT2D eigenvalue weighted by Gasteiger charge is -2.32. The highest BCUT2D eigenvalue weighted by Crippen LogP contribution is 2.30. The van der Waals surface area contributed by atoms with Gasteiger partial charge in [-0.1, -0.05) is 37.5 Å². The number of para-hydroxylation sites is 1. The van der Waals surface area contributed by atoms with E-state index in [0.717, 1.165) is 49.9 Å². The minimum absolute atomic E-state index is 0.255. The highest BCUT2D eigenvalue weighted by molar-refractivity contribution is 5.93. The number of benzene rings is 1. The van der Waals surface area contributed by atoms with Gasteiger partial charge in [0, 0.05) is 49.2 Å². The van der Waals surface area contributed by atoms with Crippen molar-refractivity contribution in [2.45, 2.75) is 69.9 Å². The standard InChI is InChI=1S/C24H34N4O/c1-28(2)22-16-23(27-21-11-7-6-10-20(21)22)25-18-12-14-19(15-13-18)26-24(29)17-8-4-3-5-9-17/h6-7,10-11,16-19H,3-5,8-9,12-15H2,1-2H3,(H,25,27)(H,26,29)/t18-,19+. The first-order valence-electron chi connectivity index (χ1n) is 11.2. The van der Waals surface area contributed by atoms with Gasteiger partial charge in [-0.25, -0.2) is 4.98 Å². The largest absolute Gasteiger partial charge is 0.377 e. The highest BCUT2D eigenvalue weighted by Gasteiger charge is 2.26. The number of hydrogen-bond acceptors (Lipinski definition) is 4. The number of amides is 1. The quantitative estimate of drug-likeness (QED) is 0.770. The molecule has 0 unspecified atom stereocenters. The molecular weight excluding hydrogens is 360 g/mol. The maximum absolute atomic E-state index is 12.5. The molecule has 2 aliphatic rings. The van der Waals surface area contributed by atoms with Gasteiger partial charge in [-0.05, 0) is 44.6 Å². The summed E-state index contributed by atoms with van der Waals surface area (Å²) in [5, 5.41) is 8.17. The molecule has 2 fully saturated rings. The summed E-state index contributed by atoms with van der Waals surface area (Å²) < 4.78 is 0. The lowest BCUT2D eigenvalue weighted by molar-refractivity contribution is -0.126. The Balaban J connectivity index is 1.34. The van der Waals surface area contributed by atoms with Gasteiger partial charge in [0.05, 0.1) is 5.52 Å². The second kappa shape index (κ2) is 9.02. The van der Waals surface area contributed by atoms with Crippen LogP contribution in [-0.4, -0.2) is 37.1 Å². The zero-order valence-corrected chi connectivity index (χ0v) is 17.8. The molecule has 1 heterocycles. The predicted octanol–water partition coefficient (Wildman–Crippen LogP) is 4.72. The number of rotatable bonds is 5. The molecule has 156 valence electrons. The monoisotopic (exact) mass is 394 g/mol. The third-order valence-electron chi connectivity index (χ3n) is 6.58. The van der Waals surface area contributed by atoms with E-state index in [1.54, 1.807) is 0 Å². The van der Waals surface area contributed by atoms with Gasteiger partial charge in [0.1, 0.15) is 5.82 Å². The number of carbonyl (C=O) groups excluding carboxylic acids is 1. The Morgan fingerprint density at radius 1 is 0.966 bits per heavy atom. The molecule has 4 rings (SSSR count). The molecule has 29 heavy (non-hydrogen) atoms. The molecule has 1 aromatic carbocycles. The molecule has 0 bridgehead atoms. The molecular formula is C24H34N4O. The van der Waals surface area contributed by atoms with Crippen molar-refractivity contribution >= 4 is 28.3 Å². The third-order valence-corrected chi connectivity index (χ3v) is 6.58. The van der Waals surface area contributed by atoms with Crippen molar-refractivity contribution in [3.05, 3.63) is 30.3 Å². The van der Waals surface area contributed by atoms with Gasteiger partial charge in [-0.15, -0.1) is 0 Å². The Bertz CT molecular complexity index is 836. The zero-order valence-electron chi connectivity index (χ0n) is 17.8. The number of hydrogen-bond donors (Lipinski definition) is 2. The highest BCUT2D eigenvalue weighted by atomic mass is 16.1. The van der Waals surface area contributed by atoms with E-state index in [2.05, 4.69) is 53.9 Å². The van der Waals surface area contributed by atoms with Crippen LogP contribution in [0.3, 0.4) is 0 Å². The normalized spacial score (nSPS) is 23.0. The van der Waals surface area contributed by atoms with E-state index in [1.807, 2.05) is 6.07 Å². The fourth-order valence-corrected chi connectivity index (χ4v) is 4.88. The van der Waals surface area contributed by atoms with Crippen molar-refractivity contribution in [3.8, 4) is 0 Å². The SMILES string of the molecule is CN(C)c1cc(N[C@H]2CC[C@@H](NC(=O)C3CCCCC3)CC2)nc2ccccc12. The summed E-state index contributed by atoms with van der Waals surface area (Å²) >= 11 is 0. The molecule has 0 aliphatic heterocycles. The number of anilines is 2. The first kappa shape index (κ1) is 20.0. The van der Waals surface area contributed by atoms with Crippen LogP contribution in [0.15, 0.2) is 30.3 Å². The number of carbonyl (C=O) groups is 1. The first-order chi connectivity index (χ1) is 14.1. The molecule has 1 amide bonds. The van der Waals surface area contributed by atoms with Gasteiger partial charge in [-0.2, -0.15) is 0 Å². The predicted molar refractivity (Wildman–Crippen MR) is 120 cm³/mol. The molecule has 2 aromatic rings. The van der Waals surface area contributed by atoms with Gasteiger partial charge in [0.2, 0.25) is 5.91 Å². The molecule has 2 saturated carbocycles. The lowest BCUT2D eigenvalue weighted by Crippen LogP contribution is -2.43. The number of nitrogens with zero attached hydrogens (tertiary/aromatic N) is 2.